The summed E-state index contributed by atoms with van der Waals surface area (Å²) in [7, 11) is 0. The number of nitrogens with zero attached hydrogens (tertiary/aromatic N) is 1. The molecular formula is C16H19NO4. The van der Waals surface area contributed by atoms with Gasteiger partial charge >= 0.3 is 0 Å². The number of aliphatic hydroxyl groups is 2. The van der Waals surface area contributed by atoms with E-state index in [2.05, 4.69) is 11.0 Å². The molecule has 1 saturated heterocycles. The first-order chi connectivity index (χ1) is 10.2. The molecule has 4 aliphatic rings. The number of aliphatic hydroxyl groups excluding tert-OH is 2. The molecule has 1 aliphatic carbocycles. The van der Waals surface area contributed by atoms with E-state index >= 15 is 0 Å². The van der Waals surface area contributed by atoms with Gasteiger partial charge in [0.05, 0.1) is 12.2 Å². The van der Waals surface area contributed by atoms with Crippen LogP contribution in [0.5, 0.6) is 11.5 Å². The minimum atomic E-state index is -0.689. The molecule has 2 N–H and O–H groups in total. The lowest BCUT2D eigenvalue weighted by atomic mass is 9.68. The Hall–Kier alpha value is -1.30. The Morgan fingerprint density at radius 3 is 2.81 bits per heavy atom. The molecule has 0 radical (unpaired) electrons. The highest BCUT2D eigenvalue weighted by Crippen LogP contribution is 2.51. The van der Waals surface area contributed by atoms with Crippen molar-refractivity contribution >= 4 is 0 Å². The molecule has 5 nitrogen and oxygen atoms in total. The summed E-state index contributed by atoms with van der Waals surface area (Å²) in [4.78, 5) is 2.47. The average molecular weight is 289 g/mol. The first-order valence-electron chi connectivity index (χ1n) is 7.75. The maximum Gasteiger partial charge on any atom is 0.231 e. The van der Waals surface area contributed by atoms with Gasteiger partial charge in [-0.3, -0.25) is 4.90 Å². The van der Waals surface area contributed by atoms with Gasteiger partial charge in [0.25, 0.3) is 0 Å². The van der Waals surface area contributed by atoms with Gasteiger partial charge < -0.3 is 19.7 Å². The zero-order valence-corrected chi connectivity index (χ0v) is 11.7. The van der Waals surface area contributed by atoms with Crippen molar-refractivity contribution < 1.29 is 19.7 Å². The van der Waals surface area contributed by atoms with Crippen molar-refractivity contribution in [1.29, 1.82) is 0 Å². The molecule has 1 aromatic carbocycles. The maximum absolute atomic E-state index is 10.6. The third-order valence-electron chi connectivity index (χ3n) is 5.73. The largest absolute Gasteiger partial charge is 0.454 e. The van der Waals surface area contributed by atoms with E-state index in [-0.39, 0.29) is 12.7 Å². The van der Waals surface area contributed by atoms with Crippen LogP contribution in [0.1, 0.15) is 29.9 Å². The summed E-state index contributed by atoms with van der Waals surface area (Å²) in [6, 6.07) is 4.43. The topological polar surface area (TPSA) is 62.2 Å². The average Bonchev–Trinajstić information content (AvgIpc) is 3.08. The van der Waals surface area contributed by atoms with E-state index < -0.39 is 12.2 Å². The molecule has 5 atom stereocenters. The van der Waals surface area contributed by atoms with Gasteiger partial charge in [-0.2, -0.15) is 0 Å². The molecule has 2 fully saturated rings. The minimum absolute atomic E-state index is 0.0144. The summed E-state index contributed by atoms with van der Waals surface area (Å²) < 4.78 is 11.0. The summed E-state index contributed by atoms with van der Waals surface area (Å²) in [5, 5.41) is 20.8. The van der Waals surface area contributed by atoms with Crippen LogP contribution in [0.25, 0.3) is 0 Å². The predicted octanol–water partition coefficient (Wildman–Crippen LogP) is 0.828. The van der Waals surface area contributed by atoms with E-state index in [0.29, 0.717) is 12.0 Å². The molecule has 1 aromatic rings. The smallest absolute Gasteiger partial charge is 0.231 e. The molecule has 0 aromatic heterocycles. The van der Waals surface area contributed by atoms with Crippen molar-refractivity contribution in [2.75, 3.05) is 13.3 Å². The lowest BCUT2D eigenvalue weighted by Gasteiger charge is -2.47. The van der Waals surface area contributed by atoms with Crippen molar-refractivity contribution in [2.24, 2.45) is 5.92 Å². The summed E-state index contributed by atoms with van der Waals surface area (Å²) in [6.07, 6.45) is 0.531. The van der Waals surface area contributed by atoms with E-state index in [4.69, 9.17) is 9.47 Å². The normalized spacial score (nSPS) is 40.0. The second-order valence-electron chi connectivity index (χ2n) is 6.73. The Balaban J connectivity index is 1.66. The third-order valence-corrected chi connectivity index (χ3v) is 5.73. The van der Waals surface area contributed by atoms with Crippen molar-refractivity contribution in [1.82, 2.24) is 4.90 Å². The van der Waals surface area contributed by atoms with Crippen LogP contribution in [0, 0.1) is 5.92 Å². The fourth-order valence-corrected chi connectivity index (χ4v) is 4.84. The van der Waals surface area contributed by atoms with Gasteiger partial charge in [0, 0.05) is 18.5 Å². The number of rotatable bonds is 0. The van der Waals surface area contributed by atoms with Gasteiger partial charge in [-0.25, -0.2) is 0 Å². The molecule has 1 unspecified atom stereocenters. The van der Waals surface area contributed by atoms with Crippen molar-refractivity contribution in [2.45, 2.75) is 43.6 Å². The first-order valence-corrected chi connectivity index (χ1v) is 7.75. The monoisotopic (exact) mass is 289 g/mol. The highest BCUT2D eigenvalue weighted by Gasteiger charge is 2.52. The van der Waals surface area contributed by atoms with Crippen LogP contribution in [0.2, 0.25) is 0 Å². The second-order valence-corrected chi connectivity index (χ2v) is 6.73. The standard InChI is InChI=1S/C16H19NO4/c18-11-3-8-1-2-17-6-9-4-12-13(21-7-20-12)5-10(9)14(15(8)17)16(11)19/h4-5,8,11,14-16,18-19H,1-3,6-7H2/t8?,11-,14+,15+,16+/m0/s1. The summed E-state index contributed by atoms with van der Waals surface area (Å²) in [5.74, 6) is 2.05. The van der Waals surface area contributed by atoms with Crippen LogP contribution < -0.4 is 9.47 Å². The van der Waals surface area contributed by atoms with E-state index in [1.54, 1.807) is 0 Å². The Bertz CT molecular complexity index is 604. The lowest BCUT2D eigenvalue weighted by molar-refractivity contribution is -0.0657. The lowest BCUT2D eigenvalue weighted by Crippen LogP contribution is -2.53. The van der Waals surface area contributed by atoms with Crippen LogP contribution in [0.4, 0.5) is 0 Å². The van der Waals surface area contributed by atoms with E-state index in [1.165, 1.54) is 5.56 Å². The quantitative estimate of drug-likeness (QED) is 0.741. The molecule has 5 rings (SSSR count). The zero-order valence-electron chi connectivity index (χ0n) is 11.7. The summed E-state index contributed by atoms with van der Waals surface area (Å²) in [5.41, 5.74) is 2.34. The molecule has 0 amide bonds. The number of ether oxygens (including phenoxy) is 2. The van der Waals surface area contributed by atoms with Crippen molar-refractivity contribution in [3.8, 4) is 11.5 Å². The Morgan fingerprint density at radius 1 is 1.14 bits per heavy atom. The van der Waals surface area contributed by atoms with Gasteiger partial charge in [-0.1, -0.05) is 0 Å². The second kappa shape index (κ2) is 4.12. The van der Waals surface area contributed by atoms with Gasteiger partial charge in [0.15, 0.2) is 11.5 Å². The minimum Gasteiger partial charge on any atom is -0.454 e. The molecule has 5 heteroatoms. The Labute approximate surface area is 123 Å². The van der Waals surface area contributed by atoms with Crippen molar-refractivity contribution in [3.05, 3.63) is 23.3 Å². The highest BCUT2D eigenvalue weighted by molar-refractivity contribution is 5.52. The van der Waals surface area contributed by atoms with E-state index in [9.17, 15) is 10.2 Å². The Kier molecular flexibility index (Phi) is 2.41. The molecule has 3 heterocycles. The molecule has 0 spiro atoms. The third kappa shape index (κ3) is 1.57. The van der Waals surface area contributed by atoms with Gasteiger partial charge in [-0.05, 0) is 48.6 Å². The first kappa shape index (κ1) is 12.3. The number of fused-ring (bicyclic) bond motifs is 3. The predicted molar refractivity (Wildman–Crippen MR) is 74.2 cm³/mol. The summed E-state index contributed by atoms with van der Waals surface area (Å²) in [6.45, 7) is 2.23. The fraction of sp³-hybridized carbons (Fsp3) is 0.625. The molecule has 3 aliphatic heterocycles. The van der Waals surface area contributed by atoms with Crippen LogP contribution >= 0.6 is 0 Å². The Morgan fingerprint density at radius 2 is 1.95 bits per heavy atom. The highest BCUT2D eigenvalue weighted by atomic mass is 16.7. The molecule has 1 saturated carbocycles. The fourth-order valence-electron chi connectivity index (χ4n) is 4.84. The van der Waals surface area contributed by atoms with Crippen LogP contribution in [0.15, 0.2) is 12.1 Å². The van der Waals surface area contributed by atoms with Gasteiger partial charge in [0.1, 0.15) is 0 Å². The van der Waals surface area contributed by atoms with E-state index in [1.807, 2.05) is 6.07 Å². The van der Waals surface area contributed by atoms with Crippen LogP contribution in [0.3, 0.4) is 0 Å². The van der Waals surface area contributed by atoms with Crippen LogP contribution in [-0.4, -0.2) is 46.7 Å². The maximum atomic E-state index is 10.6. The zero-order chi connectivity index (χ0) is 14.1. The molecule has 112 valence electrons. The van der Waals surface area contributed by atoms with Crippen molar-refractivity contribution in [3.63, 3.8) is 0 Å². The number of hydrogen-bond acceptors (Lipinski definition) is 5. The number of benzene rings is 1. The van der Waals surface area contributed by atoms with E-state index in [0.717, 1.165) is 43.0 Å². The van der Waals surface area contributed by atoms with Gasteiger partial charge in [-0.15, -0.1) is 0 Å². The molecular weight excluding hydrogens is 270 g/mol. The SMILES string of the molecule is O[C@H]1[C@@H]2c3cc4c(cc3CN3CCC(C[C@@H]1O)[C@H]23)OCO4. The number of hydrogen-bond donors (Lipinski definition) is 2. The molecule has 0 bridgehead atoms. The van der Waals surface area contributed by atoms with Crippen LogP contribution in [-0.2, 0) is 6.54 Å². The summed E-state index contributed by atoms with van der Waals surface area (Å²) >= 11 is 0. The van der Waals surface area contributed by atoms with Gasteiger partial charge in [0.2, 0.25) is 6.79 Å². The molecule has 21 heavy (non-hydrogen) atoms.